The van der Waals surface area contributed by atoms with E-state index in [0.717, 1.165) is 32.0 Å². The van der Waals surface area contributed by atoms with Crippen LogP contribution in [-0.2, 0) is 9.47 Å². The Morgan fingerprint density at radius 3 is 2.73 bits per heavy atom. The molecule has 0 aromatic carbocycles. The molecule has 0 spiro atoms. The number of ether oxygens (including phenoxy) is 2. The quantitative estimate of drug-likeness (QED) is 0.800. The van der Waals surface area contributed by atoms with Crippen LogP contribution in [0.1, 0.15) is 34.6 Å². The van der Waals surface area contributed by atoms with E-state index in [9.17, 15) is 4.79 Å². The van der Waals surface area contributed by atoms with Crippen molar-refractivity contribution >= 4 is 6.09 Å². The summed E-state index contributed by atoms with van der Waals surface area (Å²) in [5.41, 5.74) is 0.585. The molecule has 0 radical (unpaired) electrons. The van der Waals surface area contributed by atoms with Crippen LogP contribution < -0.4 is 5.32 Å². The van der Waals surface area contributed by atoms with Gasteiger partial charge in [0.05, 0.1) is 19.8 Å². The van der Waals surface area contributed by atoms with Crippen LogP contribution >= 0.6 is 0 Å². The highest BCUT2D eigenvalue weighted by atomic mass is 16.6. The summed E-state index contributed by atoms with van der Waals surface area (Å²) >= 11 is 0. The van der Waals surface area contributed by atoms with E-state index in [1.165, 1.54) is 0 Å². The number of amides is 1. The molecule has 2 rings (SSSR count). The summed E-state index contributed by atoms with van der Waals surface area (Å²) in [5.74, 6) is 0. The Bertz CT molecular complexity index is 431. The summed E-state index contributed by atoms with van der Waals surface area (Å²) in [6, 6.07) is 0.478. The van der Waals surface area contributed by atoms with Gasteiger partial charge in [-0.1, -0.05) is 0 Å². The minimum atomic E-state index is -0.468. The van der Waals surface area contributed by atoms with Crippen LogP contribution in [0.4, 0.5) is 4.79 Å². The zero-order valence-electron chi connectivity index (χ0n) is 14.4. The van der Waals surface area contributed by atoms with Crippen molar-refractivity contribution in [2.75, 3.05) is 32.8 Å². The number of rotatable bonds is 1. The lowest BCUT2D eigenvalue weighted by molar-refractivity contribution is 0.0142. The molecular weight excluding hydrogens is 282 g/mol. The molecule has 1 amide bonds. The topological polar surface area (TPSA) is 54.0 Å². The molecule has 126 valence electrons. The van der Waals surface area contributed by atoms with E-state index in [0.29, 0.717) is 12.6 Å². The molecule has 2 aliphatic heterocycles. The first kappa shape index (κ1) is 16.9. The summed E-state index contributed by atoms with van der Waals surface area (Å²) in [7, 11) is 0. The number of carbonyl (C=O) groups is 1. The summed E-state index contributed by atoms with van der Waals surface area (Å²) < 4.78 is 11.0. The SMILES string of the molecule is CC1CNC(=CN2CCOC[C@H]2C)CN1C(=O)OC(C)(C)C. The normalized spacial score (nSPS) is 28.5. The van der Waals surface area contributed by atoms with Gasteiger partial charge in [-0.15, -0.1) is 0 Å². The largest absolute Gasteiger partial charge is 0.444 e. The Hall–Kier alpha value is -1.43. The Kier molecular flexibility index (Phi) is 5.21. The van der Waals surface area contributed by atoms with Gasteiger partial charge in [0.2, 0.25) is 0 Å². The fraction of sp³-hybridized carbons (Fsp3) is 0.812. The van der Waals surface area contributed by atoms with Crippen molar-refractivity contribution in [3.8, 4) is 0 Å². The first-order chi connectivity index (χ1) is 10.3. The Morgan fingerprint density at radius 2 is 2.09 bits per heavy atom. The van der Waals surface area contributed by atoms with Gasteiger partial charge in [-0.05, 0) is 34.6 Å². The molecule has 0 bridgehead atoms. The minimum absolute atomic E-state index is 0.120. The van der Waals surface area contributed by atoms with E-state index in [1.54, 1.807) is 4.90 Å². The predicted octanol–water partition coefficient (Wildman–Crippen LogP) is 1.78. The smallest absolute Gasteiger partial charge is 0.410 e. The first-order valence-corrected chi connectivity index (χ1v) is 8.04. The highest BCUT2D eigenvalue weighted by Crippen LogP contribution is 2.17. The van der Waals surface area contributed by atoms with Crippen molar-refractivity contribution in [1.29, 1.82) is 0 Å². The number of carbonyl (C=O) groups excluding carboxylic acids is 1. The number of piperazine rings is 1. The van der Waals surface area contributed by atoms with Gasteiger partial charge in [0.25, 0.3) is 0 Å². The van der Waals surface area contributed by atoms with Crippen molar-refractivity contribution in [2.24, 2.45) is 0 Å². The summed E-state index contributed by atoms with van der Waals surface area (Å²) in [5, 5.41) is 3.41. The van der Waals surface area contributed by atoms with Crippen LogP contribution in [0.3, 0.4) is 0 Å². The second-order valence-corrected chi connectivity index (χ2v) is 7.15. The van der Waals surface area contributed by atoms with Crippen LogP contribution in [-0.4, -0.2) is 66.4 Å². The molecule has 6 heteroatoms. The zero-order chi connectivity index (χ0) is 16.3. The first-order valence-electron chi connectivity index (χ1n) is 8.04. The molecule has 0 saturated carbocycles. The standard InChI is InChI=1S/C16H29N3O3/c1-12-8-17-14(9-18-6-7-21-11-13(18)2)10-19(12)15(20)22-16(3,4)5/h9,12-13,17H,6-8,10-11H2,1-5H3/t12?,13-/m1/s1. The lowest BCUT2D eigenvalue weighted by Gasteiger charge is -2.38. The van der Waals surface area contributed by atoms with Gasteiger partial charge < -0.3 is 19.7 Å². The average molecular weight is 311 g/mol. The zero-order valence-corrected chi connectivity index (χ0v) is 14.4. The van der Waals surface area contributed by atoms with Crippen LogP contribution in [0.5, 0.6) is 0 Å². The van der Waals surface area contributed by atoms with Crippen LogP contribution in [0.25, 0.3) is 0 Å². The maximum atomic E-state index is 12.3. The maximum absolute atomic E-state index is 12.3. The molecule has 1 N–H and O–H groups in total. The van der Waals surface area contributed by atoms with Crippen LogP contribution in [0, 0.1) is 0 Å². The number of hydrogen-bond acceptors (Lipinski definition) is 5. The van der Waals surface area contributed by atoms with Crippen LogP contribution in [0.2, 0.25) is 0 Å². The Labute approximate surface area is 133 Å². The third-order valence-electron chi connectivity index (χ3n) is 3.87. The fourth-order valence-electron chi connectivity index (χ4n) is 2.57. The van der Waals surface area contributed by atoms with Crippen molar-refractivity contribution in [3.05, 3.63) is 11.9 Å². The van der Waals surface area contributed by atoms with Gasteiger partial charge in [0.15, 0.2) is 0 Å². The van der Waals surface area contributed by atoms with E-state index < -0.39 is 5.60 Å². The van der Waals surface area contributed by atoms with E-state index in [2.05, 4.69) is 23.3 Å². The number of morpholine rings is 1. The lowest BCUT2D eigenvalue weighted by Crippen LogP contribution is -2.53. The highest BCUT2D eigenvalue weighted by molar-refractivity contribution is 5.69. The van der Waals surface area contributed by atoms with Gasteiger partial charge in [0.1, 0.15) is 5.60 Å². The minimum Gasteiger partial charge on any atom is -0.444 e. The maximum Gasteiger partial charge on any atom is 0.410 e. The van der Waals surface area contributed by atoms with E-state index in [-0.39, 0.29) is 12.1 Å². The fourth-order valence-corrected chi connectivity index (χ4v) is 2.57. The van der Waals surface area contributed by atoms with E-state index in [1.807, 2.05) is 27.7 Å². The molecule has 0 aromatic heterocycles. The molecule has 2 heterocycles. The molecule has 2 atom stereocenters. The third-order valence-corrected chi connectivity index (χ3v) is 3.87. The molecule has 22 heavy (non-hydrogen) atoms. The van der Waals surface area contributed by atoms with E-state index in [4.69, 9.17) is 9.47 Å². The summed E-state index contributed by atoms with van der Waals surface area (Å²) in [6.45, 7) is 13.5. The Morgan fingerprint density at radius 1 is 1.36 bits per heavy atom. The molecule has 0 aliphatic carbocycles. The Balaban J connectivity index is 2.02. The molecule has 6 nitrogen and oxygen atoms in total. The molecule has 0 aromatic rings. The van der Waals surface area contributed by atoms with Gasteiger partial charge in [-0.25, -0.2) is 4.79 Å². The van der Waals surface area contributed by atoms with Crippen LogP contribution in [0.15, 0.2) is 11.9 Å². The van der Waals surface area contributed by atoms with Crippen molar-refractivity contribution in [1.82, 2.24) is 15.1 Å². The summed E-state index contributed by atoms with van der Waals surface area (Å²) in [4.78, 5) is 16.4. The van der Waals surface area contributed by atoms with Gasteiger partial charge >= 0.3 is 6.09 Å². The average Bonchev–Trinajstić information content (AvgIpc) is 2.41. The molecule has 2 fully saturated rings. The monoisotopic (exact) mass is 311 g/mol. The molecular formula is C16H29N3O3. The molecule has 1 unspecified atom stereocenters. The number of nitrogens with one attached hydrogen (secondary N) is 1. The van der Waals surface area contributed by atoms with E-state index >= 15 is 0 Å². The highest BCUT2D eigenvalue weighted by Gasteiger charge is 2.30. The molecule has 2 saturated heterocycles. The predicted molar refractivity (Wildman–Crippen MR) is 85.5 cm³/mol. The van der Waals surface area contributed by atoms with Crippen molar-refractivity contribution in [2.45, 2.75) is 52.3 Å². The second kappa shape index (κ2) is 6.77. The number of hydrogen-bond donors (Lipinski definition) is 1. The molecule has 2 aliphatic rings. The second-order valence-electron chi connectivity index (χ2n) is 7.15. The summed E-state index contributed by atoms with van der Waals surface area (Å²) in [6.07, 6.45) is 1.87. The van der Waals surface area contributed by atoms with Gasteiger partial charge in [-0.2, -0.15) is 0 Å². The van der Waals surface area contributed by atoms with Gasteiger partial charge in [-0.3, -0.25) is 4.90 Å². The van der Waals surface area contributed by atoms with Crippen molar-refractivity contribution in [3.63, 3.8) is 0 Å². The number of nitrogens with zero attached hydrogens (tertiary/aromatic N) is 2. The van der Waals surface area contributed by atoms with Gasteiger partial charge in [0, 0.05) is 37.1 Å². The lowest BCUT2D eigenvalue weighted by atomic mass is 10.2. The van der Waals surface area contributed by atoms with Crippen molar-refractivity contribution < 1.29 is 14.3 Å². The third kappa shape index (κ3) is 4.53.